The number of carbonyl (C=O) groups is 2. The molecule has 4 amide bonds. The molecule has 3 aliphatic heterocycles. The van der Waals surface area contributed by atoms with E-state index >= 15 is 0 Å². The van der Waals surface area contributed by atoms with E-state index in [9.17, 15) is 9.59 Å². The highest BCUT2D eigenvalue weighted by atomic mass is 16.2. The number of amides is 4. The maximum atomic E-state index is 14.3. The number of piperidine rings is 2. The van der Waals surface area contributed by atoms with Gasteiger partial charge in [-0.3, -0.25) is 0 Å². The molecule has 9 heteroatoms. The third kappa shape index (κ3) is 8.40. The molecule has 2 N–H and O–H groups in total. The molecule has 4 aliphatic rings. The van der Waals surface area contributed by atoms with Crippen molar-refractivity contribution in [3.63, 3.8) is 0 Å². The number of aryl methyl sites for hydroxylation is 2. The predicted molar refractivity (Wildman–Crippen MR) is 214 cm³/mol. The number of hydrogen-bond acceptors (Lipinski definition) is 4. The quantitative estimate of drug-likeness (QED) is 0.209. The molecule has 1 atom stereocenters. The van der Waals surface area contributed by atoms with E-state index in [1.165, 1.54) is 22.3 Å². The first-order valence-corrected chi connectivity index (χ1v) is 20.4. The lowest BCUT2D eigenvalue weighted by molar-refractivity contribution is 0.128. The smallest absolute Gasteiger partial charge is 0.322 e. The Labute approximate surface area is 316 Å². The van der Waals surface area contributed by atoms with Crippen molar-refractivity contribution in [2.45, 2.75) is 110 Å². The molecule has 2 saturated heterocycles. The normalized spacial score (nSPS) is 19.6. The van der Waals surface area contributed by atoms with Crippen LogP contribution >= 0.6 is 0 Å². The molecule has 53 heavy (non-hydrogen) atoms. The van der Waals surface area contributed by atoms with E-state index in [4.69, 9.17) is 4.98 Å². The lowest BCUT2D eigenvalue weighted by atomic mass is 9.94. The lowest BCUT2D eigenvalue weighted by Crippen LogP contribution is -2.53. The molecule has 9 nitrogen and oxygen atoms in total. The summed E-state index contributed by atoms with van der Waals surface area (Å²) < 4.78 is 2.47. The number of benzene rings is 2. The zero-order valence-electron chi connectivity index (χ0n) is 32.2. The molecule has 7 rings (SSSR count). The van der Waals surface area contributed by atoms with Crippen molar-refractivity contribution in [1.29, 1.82) is 0 Å². The Hall–Kier alpha value is -4.37. The summed E-state index contributed by atoms with van der Waals surface area (Å²) in [5.41, 5.74) is 8.33. The molecule has 2 fully saturated rings. The summed E-state index contributed by atoms with van der Waals surface area (Å²) in [5, 5.41) is 6.70. The minimum Gasteiger partial charge on any atom is -0.328 e. The molecule has 282 valence electrons. The average Bonchev–Trinajstić information content (AvgIpc) is 3.32. The minimum atomic E-state index is -0.290. The highest BCUT2D eigenvalue weighted by Gasteiger charge is 2.34. The summed E-state index contributed by atoms with van der Waals surface area (Å²) >= 11 is 0. The van der Waals surface area contributed by atoms with Gasteiger partial charge in [-0.25, -0.2) is 14.6 Å². The summed E-state index contributed by atoms with van der Waals surface area (Å²) in [5.74, 6) is 0.954. The van der Waals surface area contributed by atoms with Crippen LogP contribution in [0.2, 0.25) is 0 Å². The van der Waals surface area contributed by atoms with Gasteiger partial charge in [-0.05, 0) is 105 Å². The fraction of sp³-hybridized carbons (Fsp3) is 0.523. The Morgan fingerprint density at radius 2 is 1.62 bits per heavy atom. The van der Waals surface area contributed by atoms with Crippen molar-refractivity contribution in [2.75, 3.05) is 39.3 Å². The second kappa shape index (κ2) is 17.2. The Bertz CT molecular complexity index is 1840. The topological polar surface area (TPSA) is 85.7 Å². The standard InChI is InChI=1S/C44H59N7O2/c1-4-12-33-19-18-32(30-35(33)13-5-2)31-40(42-45-39-16-10-11-17-41(39)51(42)37-21-25-48(6-3)26-22-37)47-43(52)49-27-23-36(24-28-49)50-29-20-34-14-8-7-9-15-38(34)46-44(50)53/h8-11,14-19,30,36-37,40H,4-7,12-13,20-29,31H2,1-3H3,(H,46,53)(H,47,52). The van der Waals surface area contributed by atoms with Crippen molar-refractivity contribution >= 4 is 23.1 Å². The van der Waals surface area contributed by atoms with Crippen molar-refractivity contribution in [3.8, 4) is 0 Å². The van der Waals surface area contributed by atoms with Crippen LogP contribution in [-0.2, 0) is 19.3 Å². The number of para-hydroxylation sites is 2. The Kier molecular flexibility index (Phi) is 12.0. The van der Waals surface area contributed by atoms with Gasteiger partial charge in [0.1, 0.15) is 5.82 Å². The summed E-state index contributed by atoms with van der Waals surface area (Å²) in [6, 6.07) is 15.5. The van der Waals surface area contributed by atoms with Crippen LogP contribution in [0, 0.1) is 0 Å². The summed E-state index contributed by atoms with van der Waals surface area (Å²) in [7, 11) is 0. The van der Waals surface area contributed by atoms with Gasteiger partial charge in [-0.15, -0.1) is 0 Å². The lowest BCUT2D eigenvalue weighted by Gasteiger charge is -2.38. The number of imidazole rings is 1. The average molecular weight is 718 g/mol. The second-order valence-electron chi connectivity index (χ2n) is 15.4. The van der Waals surface area contributed by atoms with E-state index in [0.717, 1.165) is 106 Å². The van der Waals surface area contributed by atoms with E-state index in [1.807, 2.05) is 15.9 Å². The fourth-order valence-electron chi connectivity index (χ4n) is 8.96. The van der Waals surface area contributed by atoms with E-state index in [1.54, 1.807) is 0 Å². The summed E-state index contributed by atoms with van der Waals surface area (Å²) in [6.45, 7) is 11.9. The minimum absolute atomic E-state index is 0.0333. The molecule has 0 bridgehead atoms. The maximum Gasteiger partial charge on any atom is 0.322 e. The van der Waals surface area contributed by atoms with Crippen LogP contribution in [-0.4, -0.2) is 81.6 Å². The van der Waals surface area contributed by atoms with Gasteiger partial charge in [0.15, 0.2) is 0 Å². The monoisotopic (exact) mass is 717 g/mol. The van der Waals surface area contributed by atoms with E-state index in [-0.39, 0.29) is 24.1 Å². The van der Waals surface area contributed by atoms with Gasteiger partial charge in [0.2, 0.25) is 0 Å². The van der Waals surface area contributed by atoms with Crippen LogP contribution in [0.25, 0.3) is 11.0 Å². The molecule has 0 radical (unpaired) electrons. The number of hydrogen-bond donors (Lipinski definition) is 2. The number of nitrogens with zero attached hydrogens (tertiary/aromatic N) is 5. The van der Waals surface area contributed by atoms with Crippen molar-refractivity contribution < 1.29 is 9.59 Å². The van der Waals surface area contributed by atoms with Gasteiger partial charge in [0, 0.05) is 50.5 Å². The molecular formula is C44H59N7O2. The van der Waals surface area contributed by atoms with Crippen LogP contribution in [0.4, 0.5) is 9.59 Å². The first-order chi connectivity index (χ1) is 25.9. The van der Waals surface area contributed by atoms with Crippen LogP contribution in [0.1, 0.15) is 107 Å². The number of urea groups is 2. The van der Waals surface area contributed by atoms with Gasteiger partial charge in [-0.1, -0.05) is 82.2 Å². The molecule has 2 aromatic carbocycles. The van der Waals surface area contributed by atoms with E-state index in [0.29, 0.717) is 32.1 Å². The molecule has 1 unspecified atom stereocenters. The number of allylic oxidation sites excluding steroid dienone is 4. The van der Waals surface area contributed by atoms with Gasteiger partial charge in [-0.2, -0.15) is 0 Å². The number of carbonyl (C=O) groups excluding carboxylic acids is 2. The molecule has 0 saturated carbocycles. The summed E-state index contributed by atoms with van der Waals surface area (Å²) in [6.07, 6.45) is 18.9. The maximum absolute atomic E-state index is 14.3. The highest BCUT2D eigenvalue weighted by molar-refractivity contribution is 5.79. The van der Waals surface area contributed by atoms with Crippen LogP contribution < -0.4 is 10.6 Å². The Morgan fingerprint density at radius 3 is 2.40 bits per heavy atom. The first kappa shape index (κ1) is 37.0. The SMILES string of the molecule is CCCc1ccc(CC(NC(=O)N2CCC(N3CCC4=C(C=CCC=C4)NC3=O)CC2)c2nc3ccccc3n2C2CCN(CC)CC2)cc1CCC. The van der Waals surface area contributed by atoms with Crippen LogP contribution in [0.15, 0.2) is 78.0 Å². The Balaban J connectivity index is 1.12. The summed E-state index contributed by atoms with van der Waals surface area (Å²) in [4.78, 5) is 39.5. The van der Waals surface area contributed by atoms with Gasteiger partial charge < -0.3 is 29.9 Å². The van der Waals surface area contributed by atoms with Gasteiger partial charge >= 0.3 is 12.1 Å². The van der Waals surface area contributed by atoms with Crippen molar-refractivity contribution in [2.24, 2.45) is 0 Å². The molecular weight excluding hydrogens is 659 g/mol. The number of nitrogens with one attached hydrogen (secondary N) is 2. The fourth-order valence-corrected chi connectivity index (χ4v) is 8.96. The number of fused-ring (bicyclic) bond motifs is 1. The van der Waals surface area contributed by atoms with Crippen molar-refractivity contribution in [3.05, 3.63) is 101 Å². The number of aromatic nitrogens is 2. The van der Waals surface area contributed by atoms with Crippen molar-refractivity contribution in [1.82, 2.24) is 34.9 Å². The largest absolute Gasteiger partial charge is 0.328 e. The predicted octanol–water partition coefficient (Wildman–Crippen LogP) is 8.24. The molecule has 1 aliphatic carbocycles. The number of likely N-dealkylation sites (tertiary alicyclic amines) is 2. The molecule has 3 aromatic rings. The molecule has 1 aromatic heterocycles. The molecule has 4 heterocycles. The van der Waals surface area contributed by atoms with E-state index in [2.05, 4.69) is 102 Å². The molecule has 0 spiro atoms. The number of rotatable bonds is 11. The highest BCUT2D eigenvalue weighted by Crippen LogP contribution is 2.33. The first-order valence-electron chi connectivity index (χ1n) is 20.4. The zero-order chi connectivity index (χ0) is 36.7. The third-order valence-electron chi connectivity index (χ3n) is 11.9. The van der Waals surface area contributed by atoms with Gasteiger partial charge in [0.05, 0.1) is 17.1 Å². The van der Waals surface area contributed by atoms with E-state index < -0.39 is 0 Å². The Morgan fingerprint density at radius 1 is 0.887 bits per heavy atom. The zero-order valence-corrected chi connectivity index (χ0v) is 32.2. The third-order valence-corrected chi connectivity index (χ3v) is 11.9. The van der Waals surface area contributed by atoms with Crippen LogP contribution in [0.5, 0.6) is 0 Å². The van der Waals surface area contributed by atoms with Crippen LogP contribution in [0.3, 0.4) is 0 Å². The second-order valence-corrected chi connectivity index (χ2v) is 15.4. The van der Waals surface area contributed by atoms with Gasteiger partial charge in [0.25, 0.3) is 0 Å².